The van der Waals surface area contributed by atoms with Crippen molar-refractivity contribution in [2.75, 3.05) is 32.1 Å². The molecule has 0 bridgehead atoms. The van der Waals surface area contributed by atoms with Gasteiger partial charge in [-0.1, -0.05) is 0 Å². The molecule has 106 valence electrons. The van der Waals surface area contributed by atoms with Crippen LogP contribution >= 0.6 is 11.3 Å². The third kappa shape index (κ3) is 6.73. The van der Waals surface area contributed by atoms with E-state index in [2.05, 4.69) is 15.6 Å². The van der Waals surface area contributed by atoms with Gasteiger partial charge in [0, 0.05) is 32.0 Å². The van der Waals surface area contributed by atoms with E-state index in [1.807, 2.05) is 0 Å². The van der Waals surface area contributed by atoms with Crippen molar-refractivity contribution >= 4 is 28.3 Å². The minimum Gasteiger partial charge on any atom is -0.481 e. The summed E-state index contributed by atoms with van der Waals surface area (Å²) in [6.07, 6.45) is 0.243. The third-order valence-electron chi connectivity index (χ3n) is 2.14. The second-order valence-electron chi connectivity index (χ2n) is 3.73. The first kappa shape index (κ1) is 15.4. The number of aromatic nitrogens is 1. The number of nitrogens with zero attached hydrogens (tertiary/aromatic N) is 1. The van der Waals surface area contributed by atoms with Gasteiger partial charge in [0.05, 0.1) is 18.7 Å². The zero-order valence-corrected chi connectivity index (χ0v) is 11.5. The number of carbonyl (C=O) groups is 2. The summed E-state index contributed by atoms with van der Waals surface area (Å²) in [6, 6.07) is 0. The highest BCUT2D eigenvalue weighted by Crippen LogP contribution is 2.15. The van der Waals surface area contributed by atoms with Crippen LogP contribution in [0.5, 0.6) is 0 Å². The number of carbonyl (C=O) groups excluding carboxylic acids is 1. The minimum absolute atomic E-state index is 0.0631. The van der Waals surface area contributed by atoms with Crippen LogP contribution in [0.3, 0.4) is 0 Å². The molecule has 3 N–H and O–H groups in total. The summed E-state index contributed by atoms with van der Waals surface area (Å²) >= 11 is 1.33. The maximum Gasteiger partial charge on any atom is 0.309 e. The highest BCUT2D eigenvalue weighted by atomic mass is 32.1. The number of methoxy groups -OCH3 is 1. The van der Waals surface area contributed by atoms with Gasteiger partial charge >= 0.3 is 5.97 Å². The topological polar surface area (TPSA) is 101 Å². The number of hydrogen-bond acceptors (Lipinski definition) is 6. The molecule has 1 heterocycles. The summed E-state index contributed by atoms with van der Waals surface area (Å²) in [5.74, 6) is -0.971. The fourth-order valence-corrected chi connectivity index (χ4v) is 2.03. The van der Waals surface area contributed by atoms with E-state index in [0.717, 1.165) is 0 Å². The van der Waals surface area contributed by atoms with Crippen LogP contribution < -0.4 is 10.6 Å². The van der Waals surface area contributed by atoms with E-state index in [9.17, 15) is 9.59 Å². The molecule has 0 aliphatic rings. The van der Waals surface area contributed by atoms with Crippen LogP contribution in [0.4, 0.5) is 5.13 Å². The molecule has 0 unspecified atom stereocenters. The van der Waals surface area contributed by atoms with Crippen molar-refractivity contribution in [1.82, 2.24) is 10.3 Å². The Bertz CT molecular complexity index is 422. The van der Waals surface area contributed by atoms with Gasteiger partial charge in [-0.05, 0) is 0 Å². The summed E-state index contributed by atoms with van der Waals surface area (Å²) in [4.78, 5) is 25.9. The van der Waals surface area contributed by atoms with Crippen LogP contribution in [0.1, 0.15) is 12.1 Å². The molecule has 1 rings (SSSR count). The van der Waals surface area contributed by atoms with E-state index in [1.165, 1.54) is 11.3 Å². The monoisotopic (exact) mass is 287 g/mol. The fraction of sp³-hybridized carbons (Fsp3) is 0.545. The Labute approximate surface area is 115 Å². The van der Waals surface area contributed by atoms with E-state index in [0.29, 0.717) is 36.9 Å². The summed E-state index contributed by atoms with van der Waals surface area (Å²) in [6.45, 7) is 1.44. The molecule has 0 saturated carbocycles. The van der Waals surface area contributed by atoms with Gasteiger partial charge in [-0.2, -0.15) is 0 Å². The number of rotatable bonds is 9. The van der Waals surface area contributed by atoms with E-state index in [-0.39, 0.29) is 12.3 Å². The molecule has 0 aliphatic carbocycles. The smallest absolute Gasteiger partial charge is 0.309 e. The number of nitrogens with one attached hydrogen (secondary N) is 2. The Kier molecular flexibility index (Phi) is 6.83. The number of carboxylic acid groups (broad SMARTS) is 1. The van der Waals surface area contributed by atoms with Gasteiger partial charge < -0.3 is 20.5 Å². The SMILES string of the molecule is COCCNC(=O)CCNc1nc(CC(=O)O)cs1. The molecule has 1 aromatic rings. The second kappa shape index (κ2) is 8.44. The van der Waals surface area contributed by atoms with E-state index in [4.69, 9.17) is 9.84 Å². The highest BCUT2D eigenvalue weighted by Gasteiger charge is 2.06. The average molecular weight is 287 g/mol. The fourth-order valence-electron chi connectivity index (χ4n) is 1.29. The summed E-state index contributed by atoms with van der Waals surface area (Å²) in [5, 5.41) is 16.6. The van der Waals surface area contributed by atoms with Gasteiger partial charge in [0.25, 0.3) is 0 Å². The normalized spacial score (nSPS) is 10.2. The molecule has 1 aromatic heterocycles. The number of ether oxygens (including phenoxy) is 1. The number of carboxylic acids is 1. The minimum atomic E-state index is -0.908. The van der Waals surface area contributed by atoms with Gasteiger partial charge in [0.2, 0.25) is 5.91 Å². The van der Waals surface area contributed by atoms with Crippen LogP contribution in [0.15, 0.2) is 5.38 Å². The van der Waals surface area contributed by atoms with Crippen molar-refractivity contribution < 1.29 is 19.4 Å². The van der Waals surface area contributed by atoms with E-state index < -0.39 is 5.97 Å². The van der Waals surface area contributed by atoms with Gasteiger partial charge in [0.15, 0.2) is 5.13 Å². The first-order chi connectivity index (χ1) is 9.11. The Morgan fingerprint density at radius 1 is 1.47 bits per heavy atom. The molecule has 0 atom stereocenters. The van der Waals surface area contributed by atoms with Gasteiger partial charge in [0.1, 0.15) is 0 Å². The maximum absolute atomic E-state index is 11.4. The molecule has 19 heavy (non-hydrogen) atoms. The summed E-state index contributed by atoms with van der Waals surface area (Å²) in [7, 11) is 1.57. The zero-order valence-electron chi connectivity index (χ0n) is 10.6. The lowest BCUT2D eigenvalue weighted by Gasteiger charge is -2.04. The molecular weight excluding hydrogens is 270 g/mol. The lowest BCUT2D eigenvalue weighted by Crippen LogP contribution is -2.28. The standard InChI is InChI=1S/C11H17N3O4S/c1-18-5-4-12-9(15)2-3-13-11-14-8(7-19-11)6-10(16)17/h7H,2-6H2,1H3,(H,12,15)(H,13,14)(H,16,17). The van der Waals surface area contributed by atoms with Crippen molar-refractivity contribution in [3.05, 3.63) is 11.1 Å². The molecular formula is C11H17N3O4S. The van der Waals surface area contributed by atoms with E-state index >= 15 is 0 Å². The van der Waals surface area contributed by atoms with Gasteiger partial charge in [-0.3, -0.25) is 9.59 Å². The molecule has 0 aliphatic heterocycles. The van der Waals surface area contributed by atoms with E-state index in [1.54, 1.807) is 12.5 Å². The second-order valence-corrected chi connectivity index (χ2v) is 4.59. The average Bonchev–Trinajstić information content (AvgIpc) is 2.76. The highest BCUT2D eigenvalue weighted by molar-refractivity contribution is 7.13. The van der Waals surface area contributed by atoms with Crippen molar-refractivity contribution in [2.45, 2.75) is 12.8 Å². The van der Waals surface area contributed by atoms with Crippen molar-refractivity contribution in [2.24, 2.45) is 0 Å². The molecule has 0 radical (unpaired) electrons. The maximum atomic E-state index is 11.4. The molecule has 0 saturated heterocycles. The number of thiazole rings is 1. The van der Waals surface area contributed by atoms with Crippen LogP contribution in [0.25, 0.3) is 0 Å². The largest absolute Gasteiger partial charge is 0.481 e. The summed E-state index contributed by atoms with van der Waals surface area (Å²) < 4.78 is 4.81. The predicted octanol–water partition coefficient (Wildman–Crippen LogP) is 0.335. The predicted molar refractivity (Wildman–Crippen MR) is 71.4 cm³/mol. The van der Waals surface area contributed by atoms with Crippen LogP contribution in [0, 0.1) is 0 Å². The molecule has 7 nitrogen and oxygen atoms in total. The quantitative estimate of drug-likeness (QED) is 0.566. The Morgan fingerprint density at radius 3 is 2.95 bits per heavy atom. The van der Waals surface area contributed by atoms with Crippen LogP contribution in [-0.2, 0) is 20.7 Å². The number of hydrogen-bond donors (Lipinski definition) is 3. The number of anilines is 1. The lowest BCUT2D eigenvalue weighted by molar-refractivity contribution is -0.136. The van der Waals surface area contributed by atoms with Crippen molar-refractivity contribution in [3.63, 3.8) is 0 Å². The molecule has 8 heteroatoms. The number of amides is 1. The van der Waals surface area contributed by atoms with Crippen molar-refractivity contribution in [3.8, 4) is 0 Å². The van der Waals surface area contributed by atoms with Gasteiger partial charge in [-0.25, -0.2) is 4.98 Å². The first-order valence-corrected chi connectivity index (χ1v) is 6.65. The lowest BCUT2D eigenvalue weighted by atomic mass is 10.3. The Balaban J connectivity index is 2.20. The third-order valence-corrected chi connectivity index (χ3v) is 2.99. The van der Waals surface area contributed by atoms with Crippen molar-refractivity contribution in [1.29, 1.82) is 0 Å². The summed E-state index contributed by atoms with van der Waals surface area (Å²) in [5.41, 5.74) is 0.518. The number of aliphatic carboxylic acids is 1. The molecule has 0 aromatic carbocycles. The Morgan fingerprint density at radius 2 is 2.26 bits per heavy atom. The Hall–Kier alpha value is -1.67. The molecule has 1 amide bonds. The zero-order chi connectivity index (χ0) is 14.1. The first-order valence-electron chi connectivity index (χ1n) is 5.77. The van der Waals surface area contributed by atoms with Gasteiger partial charge in [-0.15, -0.1) is 11.3 Å². The molecule has 0 fully saturated rings. The van der Waals surface area contributed by atoms with Crippen LogP contribution in [-0.4, -0.2) is 48.8 Å². The van der Waals surface area contributed by atoms with Crippen LogP contribution in [0.2, 0.25) is 0 Å². The molecule has 0 spiro atoms.